The summed E-state index contributed by atoms with van der Waals surface area (Å²) in [6, 6.07) is 8.00. The Kier molecular flexibility index (Phi) is 5.10. The summed E-state index contributed by atoms with van der Waals surface area (Å²) in [7, 11) is 3.33. The number of benzene rings is 1. The van der Waals surface area contributed by atoms with E-state index in [-0.39, 0.29) is 6.04 Å². The van der Waals surface area contributed by atoms with Crippen molar-refractivity contribution in [3.8, 4) is 5.75 Å². The van der Waals surface area contributed by atoms with Gasteiger partial charge < -0.3 is 9.47 Å². The third kappa shape index (κ3) is 3.51. The smallest absolute Gasteiger partial charge is 0.122 e. The molecule has 0 spiro atoms. The summed E-state index contributed by atoms with van der Waals surface area (Å²) in [6.45, 7) is 0.578. The number of hydrogen-bond donors (Lipinski definition) is 2. The van der Waals surface area contributed by atoms with Gasteiger partial charge in [-0.05, 0) is 18.1 Å². The summed E-state index contributed by atoms with van der Waals surface area (Å²) in [5.41, 5.74) is 3.85. The zero-order chi connectivity index (χ0) is 11.1. The van der Waals surface area contributed by atoms with Gasteiger partial charge in [0.15, 0.2) is 0 Å². The molecule has 0 saturated carbocycles. The molecule has 0 heterocycles. The maximum Gasteiger partial charge on any atom is 0.122 e. The van der Waals surface area contributed by atoms with Crippen molar-refractivity contribution < 1.29 is 9.47 Å². The normalized spacial score (nSPS) is 12.5. The largest absolute Gasteiger partial charge is 0.496 e. The molecule has 3 N–H and O–H groups in total. The highest BCUT2D eigenvalue weighted by Gasteiger charge is 2.10. The van der Waals surface area contributed by atoms with E-state index >= 15 is 0 Å². The molecule has 0 radical (unpaired) electrons. The van der Waals surface area contributed by atoms with Gasteiger partial charge in [0.1, 0.15) is 5.75 Å². The van der Waals surface area contributed by atoms with Crippen LogP contribution in [0, 0.1) is 0 Å². The lowest BCUT2D eigenvalue weighted by Crippen LogP contribution is -2.40. The van der Waals surface area contributed by atoms with Crippen LogP contribution in [-0.4, -0.2) is 26.9 Å². The Bertz CT molecular complexity index is 292. The van der Waals surface area contributed by atoms with E-state index in [0.717, 1.165) is 17.7 Å². The van der Waals surface area contributed by atoms with Crippen molar-refractivity contribution >= 4 is 0 Å². The van der Waals surface area contributed by atoms with E-state index in [9.17, 15) is 0 Å². The summed E-state index contributed by atoms with van der Waals surface area (Å²) in [5, 5.41) is 0. The molecule has 0 aromatic heterocycles. The lowest BCUT2D eigenvalue weighted by atomic mass is 10.1. The van der Waals surface area contributed by atoms with Crippen molar-refractivity contribution in [2.75, 3.05) is 20.8 Å². The summed E-state index contributed by atoms with van der Waals surface area (Å²) >= 11 is 0. The summed E-state index contributed by atoms with van der Waals surface area (Å²) in [6.07, 6.45) is 0.786. The molecule has 0 bridgehead atoms. The minimum absolute atomic E-state index is 0.103. The molecule has 1 atom stereocenters. The molecule has 0 fully saturated rings. The standard InChI is InChI=1S/C11H18N2O2/c1-14-8-10(13-12)7-9-5-3-4-6-11(9)15-2/h3-6,10,13H,7-8,12H2,1-2H3. The molecule has 1 aromatic rings. The van der Waals surface area contributed by atoms with Crippen LogP contribution in [0.25, 0.3) is 0 Å². The third-order valence-electron chi connectivity index (χ3n) is 2.26. The summed E-state index contributed by atoms with van der Waals surface area (Å²) in [4.78, 5) is 0. The first kappa shape index (κ1) is 12.0. The molecule has 4 heteroatoms. The van der Waals surface area contributed by atoms with E-state index < -0.39 is 0 Å². The van der Waals surface area contributed by atoms with Crippen LogP contribution in [0.1, 0.15) is 5.56 Å². The van der Waals surface area contributed by atoms with E-state index in [1.165, 1.54) is 0 Å². The number of methoxy groups -OCH3 is 2. The SMILES string of the molecule is COCC(Cc1ccccc1OC)NN. The zero-order valence-corrected chi connectivity index (χ0v) is 9.19. The van der Waals surface area contributed by atoms with Gasteiger partial charge in [-0.3, -0.25) is 11.3 Å². The van der Waals surface area contributed by atoms with Crippen molar-refractivity contribution in [1.29, 1.82) is 0 Å². The fourth-order valence-electron chi connectivity index (χ4n) is 1.50. The molecule has 0 aliphatic carbocycles. The van der Waals surface area contributed by atoms with Crippen molar-refractivity contribution in [2.45, 2.75) is 12.5 Å². The highest BCUT2D eigenvalue weighted by Crippen LogP contribution is 2.18. The van der Waals surface area contributed by atoms with E-state index in [2.05, 4.69) is 5.43 Å². The van der Waals surface area contributed by atoms with Crippen molar-refractivity contribution in [2.24, 2.45) is 5.84 Å². The highest BCUT2D eigenvalue weighted by atomic mass is 16.5. The third-order valence-corrected chi connectivity index (χ3v) is 2.26. The van der Waals surface area contributed by atoms with Crippen LogP contribution in [0.5, 0.6) is 5.75 Å². The zero-order valence-electron chi connectivity index (χ0n) is 9.19. The van der Waals surface area contributed by atoms with Crippen LogP contribution in [-0.2, 0) is 11.2 Å². The number of rotatable bonds is 6. The summed E-state index contributed by atoms with van der Waals surface area (Å²) < 4.78 is 10.3. The highest BCUT2D eigenvalue weighted by molar-refractivity contribution is 5.33. The molecule has 84 valence electrons. The topological polar surface area (TPSA) is 56.5 Å². The number of nitrogens with one attached hydrogen (secondary N) is 1. The van der Waals surface area contributed by atoms with Gasteiger partial charge in [-0.2, -0.15) is 0 Å². The van der Waals surface area contributed by atoms with E-state index in [0.29, 0.717) is 6.61 Å². The fourth-order valence-corrected chi connectivity index (χ4v) is 1.50. The first-order valence-electron chi connectivity index (χ1n) is 4.88. The van der Waals surface area contributed by atoms with Gasteiger partial charge in [0.2, 0.25) is 0 Å². The van der Waals surface area contributed by atoms with Crippen LogP contribution in [0.4, 0.5) is 0 Å². The number of hydrazine groups is 1. The molecule has 15 heavy (non-hydrogen) atoms. The minimum Gasteiger partial charge on any atom is -0.496 e. The molecule has 0 saturated heterocycles. The van der Waals surface area contributed by atoms with Gasteiger partial charge in [-0.25, -0.2) is 0 Å². The van der Waals surface area contributed by atoms with Gasteiger partial charge in [0.25, 0.3) is 0 Å². The van der Waals surface area contributed by atoms with Crippen LogP contribution in [0.2, 0.25) is 0 Å². The van der Waals surface area contributed by atoms with Crippen molar-refractivity contribution in [1.82, 2.24) is 5.43 Å². The molecule has 1 rings (SSSR count). The Morgan fingerprint density at radius 3 is 2.67 bits per heavy atom. The van der Waals surface area contributed by atoms with Crippen LogP contribution in [0.3, 0.4) is 0 Å². The quantitative estimate of drug-likeness (QED) is 0.536. The van der Waals surface area contributed by atoms with Gasteiger partial charge in [0.05, 0.1) is 13.7 Å². The van der Waals surface area contributed by atoms with E-state index in [1.807, 2.05) is 24.3 Å². The Balaban J connectivity index is 2.69. The van der Waals surface area contributed by atoms with Gasteiger partial charge >= 0.3 is 0 Å². The second-order valence-corrected chi connectivity index (χ2v) is 3.33. The number of hydrogen-bond acceptors (Lipinski definition) is 4. The molecule has 1 aromatic carbocycles. The second kappa shape index (κ2) is 6.40. The molecule has 4 nitrogen and oxygen atoms in total. The predicted octanol–water partition coefficient (Wildman–Crippen LogP) is 0.716. The summed E-state index contributed by atoms with van der Waals surface area (Å²) in [5.74, 6) is 6.31. The Labute approximate surface area is 90.3 Å². The molecular formula is C11H18N2O2. The minimum atomic E-state index is 0.103. The van der Waals surface area contributed by atoms with E-state index in [1.54, 1.807) is 14.2 Å². The number of para-hydroxylation sites is 1. The molecule has 0 amide bonds. The fraction of sp³-hybridized carbons (Fsp3) is 0.455. The molecular weight excluding hydrogens is 192 g/mol. The number of nitrogens with two attached hydrogens (primary N) is 1. The first-order valence-corrected chi connectivity index (χ1v) is 4.88. The number of ether oxygens (including phenoxy) is 2. The molecule has 0 aliphatic heterocycles. The maximum atomic E-state index is 5.43. The average molecular weight is 210 g/mol. The predicted molar refractivity (Wildman–Crippen MR) is 59.7 cm³/mol. The van der Waals surface area contributed by atoms with Crippen LogP contribution in [0.15, 0.2) is 24.3 Å². The van der Waals surface area contributed by atoms with E-state index in [4.69, 9.17) is 15.3 Å². The van der Waals surface area contributed by atoms with Gasteiger partial charge in [0, 0.05) is 13.2 Å². The monoisotopic (exact) mass is 210 g/mol. The lowest BCUT2D eigenvalue weighted by molar-refractivity contribution is 0.166. The van der Waals surface area contributed by atoms with Gasteiger partial charge in [-0.1, -0.05) is 18.2 Å². The molecule has 1 unspecified atom stereocenters. The average Bonchev–Trinajstić information content (AvgIpc) is 2.29. The van der Waals surface area contributed by atoms with Gasteiger partial charge in [-0.15, -0.1) is 0 Å². The second-order valence-electron chi connectivity index (χ2n) is 3.33. The molecule has 0 aliphatic rings. The Morgan fingerprint density at radius 2 is 2.07 bits per heavy atom. The lowest BCUT2D eigenvalue weighted by Gasteiger charge is -2.16. The Hall–Kier alpha value is -1.10. The Morgan fingerprint density at radius 1 is 1.33 bits per heavy atom. The maximum absolute atomic E-state index is 5.43. The van der Waals surface area contributed by atoms with Crippen molar-refractivity contribution in [3.63, 3.8) is 0 Å². The van der Waals surface area contributed by atoms with Crippen molar-refractivity contribution in [3.05, 3.63) is 29.8 Å². The van der Waals surface area contributed by atoms with Crippen LogP contribution >= 0.6 is 0 Å². The van der Waals surface area contributed by atoms with Crippen LogP contribution < -0.4 is 16.0 Å². The first-order chi connectivity index (χ1) is 7.31.